The average molecular weight is 191 g/mol. The summed E-state index contributed by atoms with van der Waals surface area (Å²) in [6, 6.07) is 10.8. The third-order valence-electron chi connectivity index (χ3n) is 2.65. The van der Waals surface area contributed by atoms with Gasteiger partial charge in [-0.1, -0.05) is 51.1 Å². The highest BCUT2D eigenvalue weighted by molar-refractivity contribution is 5.20. The van der Waals surface area contributed by atoms with Crippen molar-refractivity contribution in [2.45, 2.75) is 26.7 Å². The lowest BCUT2D eigenvalue weighted by atomic mass is 9.88. The molecule has 0 fully saturated rings. The largest absolute Gasteiger partial charge is 0.316 e. The molecule has 0 saturated heterocycles. The Hall–Kier alpha value is -0.820. The lowest BCUT2D eigenvalue weighted by Crippen LogP contribution is -2.24. The first kappa shape index (κ1) is 11.3. The van der Waals surface area contributed by atoms with Crippen molar-refractivity contribution in [1.82, 2.24) is 5.32 Å². The molecule has 1 unspecified atom stereocenters. The minimum Gasteiger partial charge on any atom is -0.316 e. The molecule has 1 heteroatoms. The summed E-state index contributed by atoms with van der Waals surface area (Å²) in [5, 5.41) is 3.43. The van der Waals surface area contributed by atoms with Crippen molar-refractivity contribution >= 4 is 0 Å². The zero-order valence-corrected chi connectivity index (χ0v) is 9.46. The van der Waals surface area contributed by atoms with Crippen LogP contribution in [0.5, 0.6) is 0 Å². The first-order valence-electron chi connectivity index (χ1n) is 5.51. The van der Waals surface area contributed by atoms with Crippen LogP contribution in [0.25, 0.3) is 0 Å². The molecule has 0 amide bonds. The van der Waals surface area contributed by atoms with Crippen LogP contribution in [0.4, 0.5) is 0 Å². The molecule has 1 nitrogen and oxygen atoms in total. The van der Waals surface area contributed by atoms with Crippen LogP contribution < -0.4 is 5.32 Å². The molecule has 0 aliphatic carbocycles. The smallest absolute Gasteiger partial charge is 0.00225 e. The van der Waals surface area contributed by atoms with Gasteiger partial charge < -0.3 is 5.32 Å². The Kier molecular flexibility index (Phi) is 4.68. The van der Waals surface area contributed by atoms with Crippen molar-refractivity contribution in [1.29, 1.82) is 0 Å². The van der Waals surface area contributed by atoms with Crippen LogP contribution in [0.3, 0.4) is 0 Å². The fraction of sp³-hybridized carbons (Fsp3) is 0.538. The van der Waals surface area contributed by atoms with Gasteiger partial charge in [-0.3, -0.25) is 0 Å². The quantitative estimate of drug-likeness (QED) is 0.754. The number of likely N-dealkylation sites (N-methyl/N-ethyl adjacent to an activating group) is 1. The molecule has 0 radical (unpaired) electrons. The number of benzene rings is 1. The maximum Gasteiger partial charge on any atom is 0.00225 e. The highest BCUT2D eigenvalue weighted by Gasteiger charge is 2.14. The summed E-state index contributed by atoms with van der Waals surface area (Å²) in [5.41, 5.74) is 1.45. The maximum atomic E-state index is 3.43. The van der Waals surface area contributed by atoms with E-state index in [-0.39, 0.29) is 0 Å². The molecule has 1 atom stereocenters. The molecule has 0 aliphatic heterocycles. The fourth-order valence-electron chi connectivity index (χ4n) is 1.74. The zero-order chi connectivity index (χ0) is 10.4. The van der Waals surface area contributed by atoms with E-state index in [1.165, 1.54) is 5.56 Å². The third-order valence-corrected chi connectivity index (χ3v) is 2.65. The average Bonchev–Trinajstić information content (AvgIpc) is 2.19. The van der Waals surface area contributed by atoms with E-state index >= 15 is 0 Å². The van der Waals surface area contributed by atoms with E-state index < -0.39 is 0 Å². The molecule has 14 heavy (non-hydrogen) atoms. The second-order valence-electron chi connectivity index (χ2n) is 4.07. The fourth-order valence-corrected chi connectivity index (χ4v) is 1.74. The minimum atomic E-state index is 0.635. The Morgan fingerprint density at radius 3 is 2.29 bits per heavy atom. The Morgan fingerprint density at radius 1 is 1.14 bits per heavy atom. The molecule has 0 aromatic heterocycles. The van der Waals surface area contributed by atoms with Crippen molar-refractivity contribution in [2.75, 3.05) is 13.1 Å². The van der Waals surface area contributed by atoms with Crippen molar-refractivity contribution in [3.05, 3.63) is 35.9 Å². The van der Waals surface area contributed by atoms with E-state index in [9.17, 15) is 0 Å². The Bertz CT molecular complexity index is 241. The summed E-state index contributed by atoms with van der Waals surface area (Å²) in [4.78, 5) is 0. The second kappa shape index (κ2) is 5.82. The summed E-state index contributed by atoms with van der Waals surface area (Å²) >= 11 is 0. The van der Waals surface area contributed by atoms with Gasteiger partial charge >= 0.3 is 0 Å². The number of hydrogen-bond acceptors (Lipinski definition) is 1. The van der Waals surface area contributed by atoms with E-state index in [4.69, 9.17) is 0 Å². The van der Waals surface area contributed by atoms with Gasteiger partial charge in [0.1, 0.15) is 0 Å². The van der Waals surface area contributed by atoms with Crippen LogP contribution in [0.1, 0.15) is 32.3 Å². The molecular formula is C13H21N. The number of nitrogens with one attached hydrogen (secondary N) is 1. The van der Waals surface area contributed by atoms with E-state index in [2.05, 4.69) is 56.4 Å². The van der Waals surface area contributed by atoms with Crippen molar-refractivity contribution in [2.24, 2.45) is 5.92 Å². The maximum absolute atomic E-state index is 3.43. The normalized spacial score (nSPS) is 13.1. The van der Waals surface area contributed by atoms with E-state index in [1.807, 2.05) is 0 Å². The van der Waals surface area contributed by atoms with Crippen LogP contribution in [-0.4, -0.2) is 13.1 Å². The monoisotopic (exact) mass is 191 g/mol. The molecule has 78 valence electrons. The van der Waals surface area contributed by atoms with Gasteiger partial charge in [0.15, 0.2) is 0 Å². The topological polar surface area (TPSA) is 12.0 Å². The third kappa shape index (κ3) is 3.15. The van der Waals surface area contributed by atoms with Crippen LogP contribution in [0.2, 0.25) is 0 Å². The van der Waals surface area contributed by atoms with Gasteiger partial charge in [0, 0.05) is 6.54 Å². The van der Waals surface area contributed by atoms with Crippen molar-refractivity contribution in [3.8, 4) is 0 Å². The molecular weight excluding hydrogens is 170 g/mol. The first-order chi connectivity index (χ1) is 6.75. The molecule has 1 N–H and O–H groups in total. The summed E-state index contributed by atoms with van der Waals surface area (Å²) in [5.74, 6) is 1.33. The predicted octanol–water partition coefficient (Wildman–Crippen LogP) is 3.04. The van der Waals surface area contributed by atoms with E-state index in [0.717, 1.165) is 13.1 Å². The van der Waals surface area contributed by atoms with Gasteiger partial charge in [0.2, 0.25) is 0 Å². The molecule has 1 rings (SSSR count). The molecule has 1 aromatic rings. The van der Waals surface area contributed by atoms with Gasteiger partial charge in [0.25, 0.3) is 0 Å². The number of hydrogen-bond donors (Lipinski definition) is 1. The van der Waals surface area contributed by atoms with Crippen LogP contribution in [0, 0.1) is 5.92 Å². The Balaban J connectivity index is 2.68. The Morgan fingerprint density at radius 2 is 1.79 bits per heavy atom. The van der Waals surface area contributed by atoms with E-state index in [1.54, 1.807) is 0 Å². The van der Waals surface area contributed by atoms with Crippen LogP contribution in [0.15, 0.2) is 30.3 Å². The summed E-state index contributed by atoms with van der Waals surface area (Å²) in [7, 11) is 0. The summed E-state index contributed by atoms with van der Waals surface area (Å²) in [6.07, 6.45) is 0. The highest BCUT2D eigenvalue weighted by atomic mass is 14.8. The molecule has 0 aliphatic rings. The summed E-state index contributed by atoms with van der Waals surface area (Å²) < 4.78 is 0. The standard InChI is InChI=1S/C13H21N/c1-4-14-10-13(11(2)3)12-8-6-5-7-9-12/h5-9,11,13-14H,4,10H2,1-3H3. The molecule has 1 aromatic carbocycles. The van der Waals surface area contributed by atoms with Gasteiger partial charge in [-0.2, -0.15) is 0 Å². The van der Waals surface area contributed by atoms with Crippen LogP contribution in [-0.2, 0) is 0 Å². The van der Waals surface area contributed by atoms with Crippen molar-refractivity contribution in [3.63, 3.8) is 0 Å². The SMILES string of the molecule is CCNCC(c1ccccc1)C(C)C. The minimum absolute atomic E-state index is 0.635. The predicted molar refractivity (Wildman–Crippen MR) is 62.6 cm³/mol. The van der Waals surface area contributed by atoms with Gasteiger partial charge in [-0.15, -0.1) is 0 Å². The molecule has 0 bridgehead atoms. The molecule has 0 heterocycles. The summed E-state index contributed by atoms with van der Waals surface area (Å²) in [6.45, 7) is 8.86. The van der Waals surface area contributed by atoms with Gasteiger partial charge in [-0.05, 0) is 23.9 Å². The second-order valence-corrected chi connectivity index (χ2v) is 4.07. The lowest BCUT2D eigenvalue weighted by Gasteiger charge is -2.21. The van der Waals surface area contributed by atoms with Crippen molar-refractivity contribution < 1.29 is 0 Å². The van der Waals surface area contributed by atoms with Gasteiger partial charge in [-0.25, -0.2) is 0 Å². The first-order valence-corrected chi connectivity index (χ1v) is 5.51. The molecule has 0 spiro atoms. The van der Waals surface area contributed by atoms with Gasteiger partial charge in [0.05, 0.1) is 0 Å². The number of rotatable bonds is 5. The van der Waals surface area contributed by atoms with Crippen LogP contribution >= 0.6 is 0 Å². The molecule has 0 saturated carbocycles. The Labute approximate surface area is 87.5 Å². The zero-order valence-electron chi connectivity index (χ0n) is 9.46. The van der Waals surface area contributed by atoms with E-state index in [0.29, 0.717) is 11.8 Å². The highest BCUT2D eigenvalue weighted by Crippen LogP contribution is 2.23. The lowest BCUT2D eigenvalue weighted by molar-refractivity contribution is 0.467.